The predicted molar refractivity (Wildman–Crippen MR) is 115 cm³/mol. The van der Waals surface area contributed by atoms with Gasteiger partial charge in [-0.05, 0) is 48.4 Å². The molecular weight excluding hydrogens is 384 g/mol. The number of hydrogen-bond acceptors (Lipinski definition) is 3. The van der Waals surface area contributed by atoms with E-state index in [1.165, 1.54) is 23.5 Å². The van der Waals surface area contributed by atoms with Gasteiger partial charge in [0.05, 0.1) is 10.6 Å². The first-order valence-corrected chi connectivity index (χ1v) is 10.7. The van der Waals surface area contributed by atoms with Gasteiger partial charge in [0, 0.05) is 26.2 Å². The van der Waals surface area contributed by atoms with Crippen molar-refractivity contribution >= 4 is 21.6 Å². The highest BCUT2D eigenvalue weighted by Crippen LogP contribution is 2.23. The van der Waals surface area contributed by atoms with E-state index in [9.17, 15) is 13.2 Å². The van der Waals surface area contributed by atoms with E-state index < -0.39 is 10.0 Å². The molecule has 150 valence electrons. The Morgan fingerprint density at radius 2 is 1.52 bits per heavy atom. The molecule has 3 aromatic rings. The van der Waals surface area contributed by atoms with Gasteiger partial charge < -0.3 is 4.90 Å². The topological polar surface area (TPSA) is 57.7 Å². The zero-order valence-electron chi connectivity index (χ0n) is 16.7. The number of sulfonamides is 1. The van der Waals surface area contributed by atoms with Gasteiger partial charge in [0.2, 0.25) is 0 Å². The quantitative estimate of drug-likeness (QED) is 0.617. The Kier molecular flexibility index (Phi) is 6.03. The standard InChI is InChI=1S/C23H24N2O3S/c1-18-10-7-8-11-20(18)17-24(2)23(26)19-12-9-15-22(16-19)29(27,28)25(3)21-13-5-4-6-14-21/h4-16H,17H2,1-3H3. The van der Waals surface area contributed by atoms with Crippen LogP contribution in [0.3, 0.4) is 0 Å². The molecule has 3 aromatic carbocycles. The van der Waals surface area contributed by atoms with Crippen LogP contribution < -0.4 is 4.31 Å². The van der Waals surface area contributed by atoms with Gasteiger partial charge in [0.25, 0.3) is 15.9 Å². The van der Waals surface area contributed by atoms with E-state index in [1.807, 2.05) is 37.3 Å². The maximum atomic E-state index is 13.0. The molecule has 0 aliphatic rings. The minimum absolute atomic E-state index is 0.0824. The third-order valence-electron chi connectivity index (χ3n) is 4.87. The van der Waals surface area contributed by atoms with Crippen LogP contribution in [0.1, 0.15) is 21.5 Å². The molecule has 29 heavy (non-hydrogen) atoms. The molecular formula is C23H24N2O3S. The number of carbonyl (C=O) groups is 1. The summed E-state index contributed by atoms with van der Waals surface area (Å²) in [6, 6.07) is 22.9. The lowest BCUT2D eigenvalue weighted by atomic mass is 10.1. The molecule has 0 aromatic heterocycles. The lowest BCUT2D eigenvalue weighted by molar-refractivity contribution is 0.0784. The third-order valence-corrected chi connectivity index (χ3v) is 6.66. The zero-order valence-corrected chi connectivity index (χ0v) is 17.6. The monoisotopic (exact) mass is 408 g/mol. The van der Waals surface area contributed by atoms with Crippen molar-refractivity contribution in [1.82, 2.24) is 4.90 Å². The lowest BCUT2D eigenvalue weighted by Crippen LogP contribution is -2.28. The van der Waals surface area contributed by atoms with Gasteiger partial charge in [0.1, 0.15) is 0 Å². The number of anilines is 1. The summed E-state index contributed by atoms with van der Waals surface area (Å²) in [5, 5.41) is 0. The first kappa shape index (κ1) is 20.6. The fraction of sp³-hybridized carbons (Fsp3) is 0.174. The average molecular weight is 409 g/mol. The first-order valence-electron chi connectivity index (χ1n) is 9.24. The number of hydrogen-bond donors (Lipinski definition) is 0. The van der Waals surface area contributed by atoms with Gasteiger partial charge in [-0.2, -0.15) is 0 Å². The summed E-state index contributed by atoms with van der Waals surface area (Å²) < 4.78 is 27.2. The molecule has 0 atom stereocenters. The molecule has 0 heterocycles. The average Bonchev–Trinajstić information content (AvgIpc) is 2.75. The number of nitrogens with zero attached hydrogens (tertiary/aromatic N) is 2. The van der Waals surface area contributed by atoms with E-state index in [0.717, 1.165) is 11.1 Å². The zero-order chi connectivity index (χ0) is 21.0. The molecule has 1 amide bonds. The second kappa shape index (κ2) is 8.49. The fourth-order valence-electron chi connectivity index (χ4n) is 3.06. The maximum absolute atomic E-state index is 13.0. The summed E-state index contributed by atoms with van der Waals surface area (Å²) in [5.41, 5.74) is 3.05. The molecule has 5 nitrogen and oxygen atoms in total. The second-order valence-corrected chi connectivity index (χ2v) is 8.89. The molecule has 0 radical (unpaired) electrons. The smallest absolute Gasteiger partial charge is 0.264 e. The molecule has 0 unspecified atom stereocenters. The van der Waals surface area contributed by atoms with E-state index in [2.05, 4.69) is 0 Å². The van der Waals surface area contributed by atoms with Gasteiger partial charge >= 0.3 is 0 Å². The second-order valence-electron chi connectivity index (χ2n) is 6.92. The van der Waals surface area contributed by atoms with Crippen molar-refractivity contribution in [3.63, 3.8) is 0 Å². The number of aryl methyl sites for hydroxylation is 1. The lowest BCUT2D eigenvalue weighted by Gasteiger charge is -2.21. The molecule has 0 spiro atoms. The summed E-state index contributed by atoms with van der Waals surface area (Å²) in [4.78, 5) is 14.6. The third kappa shape index (κ3) is 4.49. The summed E-state index contributed by atoms with van der Waals surface area (Å²) in [6.45, 7) is 2.45. The van der Waals surface area contributed by atoms with E-state index in [-0.39, 0.29) is 10.8 Å². The largest absolute Gasteiger partial charge is 0.337 e. The van der Waals surface area contributed by atoms with Gasteiger partial charge in [0.15, 0.2) is 0 Å². The number of benzene rings is 3. The Morgan fingerprint density at radius 3 is 2.21 bits per heavy atom. The van der Waals surface area contributed by atoms with Crippen molar-refractivity contribution in [2.45, 2.75) is 18.4 Å². The van der Waals surface area contributed by atoms with Crippen LogP contribution in [0, 0.1) is 6.92 Å². The van der Waals surface area contributed by atoms with E-state index in [1.54, 1.807) is 48.3 Å². The minimum atomic E-state index is -3.78. The predicted octanol–water partition coefficient (Wildman–Crippen LogP) is 4.09. The van der Waals surface area contributed by atoms with E-state index in [0.29, 0.717) is 17.8 Å². The Hall–Kier alpha value is -3.12. The molecule has 6 heteroatoms. The Labute approximate surface area is 172 Å². The molecule has 0 aliphatic carbocycles. The van der Waals surface area contributed by atoms with Crippen molar-refractivity contribution in [3.8, 4) is 0 Å². The molecule has 0 bridgehead atoms. The highest BCUT2D eigenvalue weighted by atomic mass is 32.2. The molecule has 0 N–H and O–H groups in total. The van der Waals surface area contributed by atoms with Gasteiger partial charge in [-0.25, -0.2) is 8.42 Å². The minimum Gasteiger partial charge on any atom is -0.337 e. The van der Waals surface area contributed by atoms with Gasteiger partial charge in [-0.15, -0.1) is 0 Å². The molecule has 0 fully saturated rings. The highest BCUT2D eigenvalue weighted by molar-refractivity contribution is 7.92. The van der Waals surface area contributed by atoms with Crippen molar-refractivity contribution in [3.05, 3.63) is 95.6 Å². The van der Waals surface area contributed by atoms with Crippen LogP contribution in [-0.2, 0) is 16.6 Å². The van der Waals surface area contributed by atoms with Crippen LogP contribution in [0.25, 0.3) is 0 Å². The van der Waals surface area contributed by atoms with E-state index in [4.69, 9.17) is 0 Å². The number of rotatable bonds is 6. The van der Waals surface area contributed by atoms with Crippen molar-refractivity contribution in [2.75, 3.05) is 18.4 Å². The normalized spacial score (nSPS) is 11.1. The summed E-state index contributed by atoms with van der Waals surface area (Å²) in [5.74, 6) is -0.229. The fourth-order valence-corrected chi connectivity index (χ4v) is 4.30. The van der Waals surface area contributed by atoms with Crippen LogP contribution in [0.2, 0.25) is 0 Å². The number of carbonyl (C=O) groups excluding carboxylic acids is 1. The van der Waals surface area contributed by atoms with Gasteiger partial charge in [-0.1, -0.05) is 48.5 Å². The summed E-state index contributed by atoms with van der Waals surface area (Å²) >= 11 is 0. The number of amides is 1. The SMILES string of the molecule is Cc1ccccc1CN(C)C(=O)c1cccc(S(=O)(=O)N(C)c2ccccc2)c1. The van der Waals surface area contributed by atoms with Crippen molar-refractivity contribution in [1.29, 1.82) is 0 Å². The molecule has 0 aliphatic heterocycles. The van der Waals surface area contributed by atoms with Crippen molar-refractivity contribution < 1.29 is 13.2 Å². The molecule has 3 rings (SSSR count). The Morgan fingerprint density at radius 1 is 0.862 bits per heavy atom. The number of para-hydroxylation sites is 1. The summed E-state index contributed by atoms with van der Waals surface area (Å²) in [6.07, 6.45) is 0. The molecule has 0 saturated heterocycles. The van der Waals surface area contributed by atoms with Gasteiger partial charge in [-0.3, -0.25) is 9.10 Å². The first-order chi connectivity index (χ1) is 13.8. The molecule has 0 saturated carbocycles. The maximum Gasteiger partial charge on any atom is 0.264 e. The Bertz CT molecular complexity index is 1110. The van der Waals surface area contributed by atoms with Crippen LogP contribution >= 0.6 is 0 Å². The Balaban J connectivity index is 1.85. The van der Waals surface area contributed by atoms with E-state index >= 15 is 0 Å². The van der Waals surface area contributed by atoms with Crippen LogP contribution in [-0.4, -0.2) is 33.3 Å². The highest BCUT2D eigenvalue weighted by Gasteiger charge is 2.23. The van der Waals surface area contributed by atoms with Crippen LogP contribution in [0.5, 0.6) is 0 Å². The summed E-state index contributed by atoms with van der Waals surface area (Å²) in [7, 11) is -0.559. The van der Waals surface area contributed by atoms with Crippen molar-refractivity contribution in [2.24, 2.45) is 0 Å². The van der Waals surface area contributed by atoms with Crippen LogP contribution in [0.15, 0.2) is 83.8 Å². The van der Waals surface area contributed by atoms with Crippen LogP contribution in [0.4, 0.5) is 5.69 Å².